The molecule has 0 atom stereocenters. The zero-order chi connectivity index (χ0) is 8.55. The van der Waals surface area contributed by atoms with Gasteiger partial charge in [-0.3, -0.25) is 5.10 Å². The summed E-state index contributed by atoms with van der Waals surface area (Å²) in [6.45, 7) is 0. The maximum Gasteiger partial charge on any atom is 0.335 e. The highest BCUT2D eigenvalue weighted by Crippen LogP contribution is 2.12. The van der Waals surface area contributed by atoms with Crippen LogP contribution in [0.4, 0.5) is 0 Å². The van der Waals surface area contributed by atoms with Gasteiger partial charge in [-0.15, -0.1) is 0 Å². The van der Waals surface area contributed by atoms with Crippen LogP contribution in [-0.4, -0.2) is 21.3 Å². The number of nitrogens with zero attached hydrogens (tertiary/aromatic N) is 1. The van der Waals surface area contributed by atoms with Crippen molar-refractivity contribution in [1.82, 2.24) is 10.2 Å². The van der Waals surface area contributed by atoms with E-state index in [1.165, 1.54) is 0 Å². The molecule has 0 radical (unpaired) electrons. The van der Waals surface area contributed by atoms with E-state index in [0.717, 1.165) is 10.9 Å². The van der Waals surface area contributed by atoms with Crippen LogP contribution in [0, 0.1) is 0 Å². The molecule has 0 unspecified atom stereocenters. The normalized spacial score (nSPS) is 10.3. The minimum absolute atomic E-state index is 0.270. The van der Waals surface area contributed by atoms with Crippen LogP contribution >= 0.6 is 0 Å². The summed E-state index contributed by atoms with van der Waals surface area (Å²) < 4.78 is 0. The molecule has 1 heterocycles. The molecule has 2 aromatic rings. The highest BCUT2D eigenvalue weighted by atomic mass is 16.6. The molecule has 0 bridgehead atoms. The molecule has 0 spiro atoms. The third-order valence-electron chi connectivity index (χ3n) is 1.69. The van der Waals surface area contributed by atoms with Crippen molar-refractivity contribution < 1.29 is 9.90 Å². The Bertz CT molecular complexity index is 433. The third-order valence-corrected chi connectivity index (χ3v) is 1.69. The van der Waals surface area contributed by atoms with E-state index in [1.54, 1.807) is 24.4 Å². The predicted molar refractivity (Wildman–Crippen MR) is 43.1 cm³/mol. The summed E-state index contributed by atoms with van der Waals surface area (Å²) in [5.41, 5.74) is 1.02. The fourth-order valence-electron chi connectivity index (χ4n) is 1.07. The molecule has 0 aliphatic rings. The average Bonchev–Trinajstić information content (AvgIpc) is 2.49. The second-order valence-corrected chi connectivity index (χ2v) is 2.48. The largest absolute Gasteiger partial charge is 0.478 e. The van der Waals surface area contributed by atoms with Crippen molar-refractivity contribution >= 4 is 16.9 Å². The SMILES string of the molecule is O=[14C](O)c1ccc2cn[nH]c2c1. The number of carboxylic acids is 1. The number of H-pyrrole nitrogens is 1. The fraction of sp³-hybridized carbons (Fsp3) is 0. The second-order valence-electron chi connectivity index (χ2n) is 2.48. The number of carbonyl (C=O) groups is 1. The lowest BCUT2D eigenvalue weighted by molar-refractivity contribution is 0.0697. The van der Waals surface area contributed by atoms with E-state index in [-0.39, 0.29) is 5.56 Å². The van der Waals surface area contributed by atoms with Gasteiger partial charge in [-0.05, 0) is 12.1 Å². The Balaban J connectivity index is 2.68. The summed E-state index contributed by atoms with van der Waals surface area (Å²) in [6.07, 6.45) is 1.65. The van der Waals surface area contributed by atoms with Crippen LogP contribution in [-0.2, 0) is 0 Å². The van der Waals surface area contributed by atoms with Crippen molar-refractivity contribution in [1.29, 1.82) is 0 Å². The van der Waals surface area contributed by atoms with Gasteiger partial charge in [-0.2, -0.15) is 5.10 Å². The Morgan fingerprint density at radius 3 is 3.08 bits per heavy atom. The van der Waals surface area contributed by atoms with E-state index in [9.17, 15) is 4.79 Å². The Hall–Kier alpha value is -1.84. The average molecular weight is 164 g/mol. The maximum absolute atomic E-state index is 10.5. The molecule has 12 heavy (non-hydrogen) atoms. The van der Waals surface area contributed by atoms with Crippen LogP contribution in [0.2, 0.25) is 0 Å². The third kappa shape index (κ3) is 0.934. The van der Waals surface area contributed by atoms with Crippen LogP contribution in [0.5, 0.6) is 0 Å². The Kier molecular flexibility index (Phi) is 1.33. The molecule has 1 aromatic carbocycles. The van der Waals surface area contributed by atoms with E-state index in [1.807, 2.05) is 0 Å². The van der Waals surface area contributed by atoms with Crippen LogP contribution in [0.3, 0.4) is 0 Å². The summed E-state index contributed by atoms with van der Waals surface area (Å²) in [6, 6.07) is 4.84. The van der Waals surface area contributed by atoms with E-state index in [0.29, 0.717) is 0 Å². The Morgan fingerprint density at radius 1 is 1.50 bits per heavy atom. The molecule has 0 saturated heterocycles. The number of hydrogen-bond acceptors (Lipinski definition) is 2. The van der Waals surface area contributed by atoms with Gasteiger partial charge in [0.2, 0.25) is 0 Å². The number of benzene rings is 1. The first-order valence-corrected chi connectivity index (χ1v) is 3.44. The molecule has 0 saturated carbocycles. The Labute approximate surface area is 67.8 Å². The fourth-order valence-corrected chi connectivity index (χ4v) is 1.07. The first-order chi connectivity index (χ1) is 5.77. The maximum atomic E-state index is 10.5. The van der Waals surface area contributed by atoms with Gasteiger partial charge in [-0.1, -0.05) is 6.07 Å². The number of fused-ring (bicyclic) bond motifs is 1. The van der Waals surface area contributed by atoms with Gasteiger partial charge in [0.05, 0.1) is 17.3 Å². The first kappa shape index (κ1) is 6.84. The lowest BCUT2D eigenvalue weighted by atomic mass is 10.2. The van der Waals surface area contributed by atoms with Crippen molar-refractivity contribution in [3.63, 3.8) is 0 Å². The van der Waals surface area contributed by atoms with Gasteiger partial charge < -0.3 is 5.11 Å². The lowest BCUT2D eigenvalue weighted by Gasteiger charge is -1.92. The van der Waals surface area contributed by atoms with Gasteiger partial charge in [-0.25, -0.2) is 4.79 Å². The molecule has 0 fully saturated rings. The first-order valence-electron chi connectivity index (χ1n) is 3.44. The summed E-state index contributed by atoms with van der Waals surface area (Å²) in [5.74, 6) is -0.925. The number of aromatic nitrogens is 2. The number of aromatic carboxylic acids is 1. The number of nitrogens with one attached hydrogen (secondary N) is 1. The molecular formula is C8H6N2O2. The summed E-state index contributed by atoms with van der Waals surface area (Å²) in [5, 5.41) is 16.0. The molecule has 2 rings (SSSR count). The molecule has 0 aliphatic heterocycles. The summed E-state index contributed by atoms with van der Waals surface area (Å²) in [4.78, 5) is 10.5. The number of carboxylic acid groups (broad SMARTS) is 1. The lowest BCUT2D eigenvalue weighted by Crippen LogP contribution is -1.94. The van der Waals surface area contributed by atoms with Crippen LogP contribution in [0.25, 0.3) is 10.9 Å². The van der Waals surface area contributed by atoms with E-state index < -0.39 is 5.97 Å². The van der Waals surface area contributed by atoms with Gasteiger partial charge in [0.1, 0.15) is 0 Å². The quantitative estimate of drug-likeness (QED) is 0.666. The van der Waals surface area contributed by atoms with Crippen LogP contribution in [0.15, 0.2) is 24.4 Å². The van der Waals surface area contributed by atoms with E-state index in [2.05, 4.69) is 10.2 Å². The minimum atomic E-state index is -0.925. The molecule has 0 aliphatic carbocycles. The second kappa shape index (κ2) is 2.34. The van der Waals surface area contributed by atoms with Gasteiger partial charge in [0.15, 0.2) is 0 Å². The van der Waals surface area contributed by atoms with Crippen LogP contribution in [0.1, 0.15) is 10.4 Å². The molecule has 4 heteroatoms. The highest BCUT2D eigenvalue weighted by molar-refractivity contribution is 5.92. The molecule has 0 amide bonds. The summed E-state index contributed by atoms with van der Waals surface area (Å²) in [7, 11) is 0. The van der Waals surface area contributed by atoms with Crippen LogP contribution < -0.4 is 0 Å². The molecule has 4 nitrogen and oxygen atoms in total. The highest BCUT2D eigenvalue weighted by Gasteiger charge is 2.03. The monoisotopic (exact) mass is 164 g/mol. The minimum Gasteiger partial charge on any atom is -0.478 e. The van der Waals surface area contributed by atoms with Gasteiger partial charge in [0.25, 0.3) is 0 Å². The van der Waals surface area contributed by atoms with Crippen molar-refractivity contribution in [3.05, 3.63) is 30.0 Å². The zero-order valence-electron chi connectivity index (χ0n) is 6.11. The topological polar surface area (TPSA) is 66.0 Å². The number of aromatic amines is 1. The van der Waals surface area contributed by atoms with Crippen molar-refractivity contribution in [2.24, 2.45) is 0 Å². The molecular weight excluding hydrogens is 158 g/mol. The molecule has 60 valence electrons. The van der Waals surface area contributed by atoms with Crippen molar-refractivity contribution in [2.45, 2.75) is 0 Å². The van der Waals surface area contributed by atoms with E-state index in [4.69, 9.17) is 5.11 Å². The molecule has 2 N–H and O–H groups in total. The van der Waals surface area contributed by atoms with E-state index >= 15 is 0 Å². The number of hydrogen-bond donors (Lipinski definition) is 2. The van der Waals surface area contributed by atoms with Crippen molar-refractivity contribution in [3.8, 4) is 0 Å². The molecule has 1 aromatic heterocycles. The van der Waals surface area contributed by atoms with Gasteiger partial charge >= 0.3 is 5.97 Å². The Morgan fingerprint density at radius 2 is 2.33 bits per heavy atom. The smallest absolute Gasteiger partial charge is 0.335 e. The standard InChI is InChI=1S/C8H6N2O2/c11-8(12)5-1-2-6-4-9-10-7(6)3-5/h1-4H,(H,9,10)(H,11,12)/i8+2. The predicted octanol–water partition coefficient (Wildman–Crippen LogP) is 1.26. The summed E-state index contributed by atoms with van der Waals surface area (Å²) >= 11 is 0. The van der Waals surface area contributed by atoms with Crippen molar-refractivity contribution in [2.75, 3.05) is 0 Å². The zero-order valence-corrected chi connectivity index (χ0v) is 6.11. The number of rotatable bonds is 1. The van der Waals surface area contributed by atoms with Gasteiger partial charge in [0, 0.05) is 5.39 Å².